The van der Waals surface area contributed by atoms with E-state index in [4.69, 9.17) is 9.26 Å². The predicted molar refractivity (Wildman–Crippen MR) is 91.6 cm³/mol. The van der Waals surface area contributed by atoms with Crippen LogP contribution in [0.2, 0.25) is 0 Å². The number of carbonyl (C=O) groups excluding carboxylic acids is 1. The maximum Gasteiger partial charge on any atom is 0.252 e. The molecule has 3 rings (SSSR count). The molecule has 0 aliphatic carbocycles. The Morgan fingerprint density at radius 1 is 1.21 bits per heavy atom. The zero-order valence-corrected chi connectivity index (χ0v) is 14.4. The molecule has 0 aliphatic rings. The van der Waals surface area contributed by atoms with E-state index in [1.165, 1.54) is 0 Å². The highest BCUT2D eigenvalue weighted by Gasteiger charge is 2.12. The standard InChI is InChI=1S/C17H14BrN3O3/c1-23-12-8-6-11(7-9-12)16-20-15(24-21-16)10-19-17(22)13-4-2-3-5-14(13)18/h2-9H,10H2,1H3,(H,19,22). The summed E-state index contributed by atoms with van der Waals surface area (Å²) in [6, 6.07) is 14.5. The lowest BCUT2D eigenvalue weighted by Crippen LogP contribution is -2.23. The Bertz CT molecular complexity index is 846. The smallest absolute Gasteiger partial charge is 0.252 e. The lowest BCUT2D eigenvalue weighted by Gasteiger charge is -2.04. The molecule has 0 saturated heterocycles. The predicted octanol–water partition coefficient (Wildman–Crippen LogP) is 3.44. The van der Waals surface area contributed by atoms with Crippen LogP contribution in [0.3, 0.4) is 0 Å². The van der Waals surface area contributed by atoms with Gasteiger partial charge in [0.1, 0.15) is 5.75 Å². The van der Waals surface area contributed by atoms with E-state index in [2.05, 4.69) is 31.4 Å². The Hall–Kier alpha value is -2.67. The van der Waals surface area contributed by atoms with E-state index in [0.717, 1.165) is 15.8 Å². The van der Waals surface area contributed by atoms with Gasteiger partial charge < -0.3 is 14.6 Å². The zero-order valence-electron chi connectivity index (χ0n) is 12.8. The summed E-state index contributed by atoms with van der Waals surface area (Å²) < 4.78 is 11.0. The van der Waals surface area contributed by atoms with Crippen LogP contribution in [-0.4, -0.2) is 23.2 Å². The SMILES string of the molecule is COc1ccc(-c2noc(CNC(=O)c3ccccc3Br)n2)cc1. The molecular weight excluding hydrogens is 374 g/mol. The van der Waals surface area contributed by atoms with Crippen molar-refractivity contribution in [3.63, 3.8) is 0 Å². The molecule has 0 unspecified atom stereocenters. The number of nitrogens with zero attached hydrogens (tertiary/aromatic N) is 2. The number of methoxy groups -OCH3 is 1. The first kappa shape index (κ1) is 16.2. The summed E-state index contributed by atoms with van der Waals surface area (Å²) in [6.45, 7) is 0.156. The van der Waals surface area contributed by atoms with Gasteiger partial charge in [0.15, 0.2) is 0 Å². The van der Waals surface area contributed by atoms with Crippen LogP contribution in [0.1, 0.15) is 16.2 Å². The second-order valence-corrected chi connectivity index (χ2v) is 5.76. The molecule has 1 heterocycles. The summed E-state index contributed by atoms with van der Waals surface area (Å²) in [5, 5.41) is 6.68. The van der Waals surface area contributed by atoms with Crippen molar-refractivity contribution in [1.82, 2.24) is 15.5 Å². The fraction of sp³-hybridized carbons (Fsp3) is 0.118. The summed E-state index contributed by atoms with van der Waals surface area (Å²) in [5.74, 6) is 1.33. The maximum atomic E-state index is 12.1. The normalized spacial score (nSPS) is 10.4. The van der Waals surface area contributed by atoms with Crippen LogP contribution >= 0.6 is 15.9 Å². The molecule has 3 aromatic rings. The lowest BCUT2D eigenvalue weighted by atomic mass is 10.2. The molecule has 1 aromatic heterocycles. The third-order valence-electron chi connectivity index (χ3n) is 3.33. The first-order chi connectivity index (χ1) is 11.7. The minimum atomic E-state index is -0.216. The van der Waals surface area contributed by atoms with E-state index >= 15 is 0 Å². The largest absolute Gasteiger partial charge is 0.497 e. The summed E-state index contributed by atoms with van der Waals surface area (Å²) in [7, 11) is 1.61. The van der Waals surface area contributed by atoms with Crippen molar-refractivity contribution in [2.45, 2.75) is 6.54 Å². The highest BCUT2D eigenvalue weighted by molar-refractivity contribution is 9.10. The van der Waals surface area contributed by atoms with Gasteiger partial charge in [-0.05, 0) is 52.3 Å². The van der Waals surface area contributed by atoms with Gasteiger partial charge in [-0.1, -0.05) is 17.3 Å². The topological polar surface area (TPSA) is 77.3 Å². The quantitative estimate of drug-likeness (QED) is 0.725. The third kappa shape index (κ3) is 3.62. The Labute approximate surface area is 147 Å². The Morgan fingerprint density at radius 2 is 1.96 bits per heavy atom. The molecule has 0 saturated carbocycles. The maximum absolute atomic E-state index is 12.1. The van der Waals surface area contributed by atoms with Crippen molar-refractivity contribution in [2.75, 3.05) is 7.11 Å². The number of carbonyl (C=O) groups is 1. The van der Waals surface area contributed by atoms with Crippen LogP contribution in [0.25, 0.3) is 11.4 Å². The first-order valence-corrected chi connectivity index (χ1v) is 7.96. The van der Waals surface area contributed by atoms with Crippen LogP contribution in [0, 0.1) is 0 Å². The van der Waals surface area contributed by atoms with E-state index in [-0.39, 0.29) is 12.5 Å². The van der Waals surface area contributed by atoms with Gasteiger partial charge in [0.2, 0.25) is 11.7 Å². The number of hydrogen-bond acceptors (Lipinski definition) is 5. The van der Waals surface area contributed by atoms with E-state index < -0.39 is 0 Å². The van der Waals surface area contributed by atoms with Crippen molar-refractivity contribution in [3.8, 4) is 17.1 Å². The molecule has 0 spiro atoms. The van der Waals surface area contributed by atoms with Crippen molar-refractivity contribution in [3.05, 3.63) is 64.5 Å². The van der Waals surface area contributed by atoms with Gasteiger partial charge in [-0.2, -0.15) is 4.98 Å². The van der Waals surface area contributed by atoms with Crippen molar-refractivity contribution in [2.24, 2.45) is 0 Å². The summed E-state index contributed by atoms with van der Waals surface area (Å²) >= 11 is 3.35. The molecule has 24 heavy (non-hydrogen) atoms. The van der Waals surface area contributed by atoms with Gasteiger partial charge in [0.05, 0.1) is 19.2 Å². The van der Waals surface area contributed by atoms with Gasteiger partial charge in [-0.15, -0.1) is 0 Å². The molecule has 1 N–H and O–H groups in total. The van der Waals surface area contributed by atoms with E-state index in [9.17, 15) is 4.79 Å². The molecule has 2 aromatic carbocycles. The molecule has 0 fully saturated rings. The summed E-state index contributed by atoms with van der Waals surface area (Å²) in [6.07, 6.45) is 0. The number of rotatable bonds is 5. The average Bonchev–Trinajstić information content (AvgIpc) is 3.09. The minimum Gasteiger partial charge on any atom is -0.497 e. The molecule has 0 atom stereocenters. The molecule has 7 heteroatoms. The second kappa shape index (κ2) is 7.27. The lowest BCUT2D eigenvalue weighted by molar-refractivity contribution is 0.0945. The average molecular weight is 388 g/mol. The molecule has 1 amide bonds. The Morgan fingerprint density at radius 3 is 2.67 bits per heavy atom. The van der Waals surface area contributed by atoms with E-state index in [1.54, 1.807) is 19.2 Å². The summed E-state index contributed by atoms with van der Waals surface area (Å²) in [5.41, 5.74) is 1.36. The first-order valence-electron chi connectivity index (χ1n) is 7.17. The van der Waals surface area contributed by atoms with Gasteiger partial charge in [0, 0.05) is 10.0 Å². The number of nitrogens with one attached hydrogen (secondary N) is 1. The van der Waals surface area contributed by atoms with Crippen molar-refractivity contribution >= 4 is 21.8 Å². The number of hydrogen-bond donors (Lipinski definition) is 1. The monoisotopic (exact) mass is 387 g/mol. The van der Waals surface area contributed by atoms with Gasteiger partial charge in [-0.3, -0.25) is 4.79 Å². The molecule has 6 nitrogen and oxygen atoms in total. The number of halogens is 1. The van der Waals surface area contributed by atoms with Crippen LogP contribution < -0.4 is 10.1 Å². The fourth-order valence-electron chi connectivity index (χ4n) is 2.08. The third-order valence-corrected chi connectivity index (χ3v) is 4.03. The molecule has 122 valence electrons. The van der Waals surface area contributed by atoms with Crippen molar-refractivity contribution in [1.29, 1.82) is 0 Å². The fourth-order valence-corrected chi connectivity index (χ4v) is 2.55. The van der Waals surface area contributed by atoms with Gasteiger partial charge >= 0.3 is 0 Å². The van der Waals surface area contributed by atoms with Crippen LogP contribution in [0.4, 0.5) is 0 Å². The van der Waals surface area contributed by atoms with Crippen LogP contribution in [0.15, 0.2) is 57.5 Å². The highest BCUT2D eigenvalue weighted by atomic mass is 79.9. The Kier molecular flexibility index (Phi) is 4.90. The zero-order chi connectivity index (χ0) is 16.9. The van der Waals surface area contributed by atoms with Crippen LogP contribution in [0.5, 0.6) is 5.75 Å². The highest BCUT2D eigenvalue weighted by Crippen LogP contribution is 2.20. The van der Waals surface area contributed by atoms with E-state index in [0.29, 0.717) is 17.3 Å². The van der Waals surface area contributed by atoms with Crippen LogP contribution in [-0.2, 0) is 6.54 Å². The number of amides is 1. The number of ether oxygens (including phenoxy) is 1. The molecule has 0 radical (unpaired) electrons. The summed E-state index contributed by atoms with van der Waals surface area (Å²) in [4.78, 5) is 16.4. The minimum absolute atomic E-state index is 0.156. The van der Waals surface area contributed by atoms with Gasteiger partial charge in [-0.25, -0.2) is 0 Å². The molecule has 0 aliphatic heterocycles. The van der Waals surface area contributed by atoms with Crippen molar-refractivity contribution < 1.29 is 14.1 Å². The molecule has 0 bridgehead atoms. The Balaban J connectivity index is 1.66. The number of aromatic nitrogens is 2. The van der Waals surface area contributed by atoms with Gasteiger partial charge in [0.25, 0.3) is 5.91 Å². The number of benzene rings is 2. The van der Waals surface area contributed by atoms with E-state index in [1.807, 2.05) is 36.4 Å². The molecular formula is C17H14BrN3O3. The second-order valence-electron chi connectivity index (χ2n) is 4.90.